The number of rotatable bonds is 2. The van der Waals surface area contributed by atoms with Crippen LogP contribution in [0.5, 0.6) is 0 Å². The molecule has 0 spiro atoms. The van der Waals surface area contributed by atoms with Gasteiger partial charge in [-0.15, -0.1) is 0 Å². The molecule has 11 heavy (non-hydrogen) atoms. The van der Waals surface area contributed by atoms with Gasteiger partial charge in [0.2, 0.25) is 0 Å². The number of nitrogens with zero attached hydrogens (tertiary/aromatic N) is 1. The highest BCUT2D eigenvalue weighted by atomic mass is 16.3. The van der Waals surface area contributed by atoms with E-state index < -0.39 is 6.10 Å². The molecule has 0 aliphatic heterocycles. The van der Waals surface area contributed by atoms with Crippen LogP contribution in [0.3, 0.4) is 0 Å². The summed E-state index contributed by atoms with van der Waals surface area (Å²) >= 11 is 0. The van der Waals surface area contributed by atoms with Crippen molar-refractivity contribution in [1.29, 1.82) is 0 Å². The zero-order chi connectivity index (χ0) is 8.27. The minimum atomic E-state index is -0.443. The maximum atomic E-state index is 9.12. The van der Waals surface area contributed by atoms with Crippen molar-refractivity contribution in [3.05, 3.63) is 36.2 Å². The van der Waals surface area contributed by atoms with Gasteiger partial charge in [-0.25, -0.2) is 0 Å². The van der Waals surface area contributed by atoms with Crippen LogP contribution in [0.4, 0.5) is 0 Å². The van der Waals surface area contributed by atoms with Gasteiger partial charge in [0, 0.05) is 6.20 Å². The van der Waals surface area contributed by atoms with Crippen LogP contribution in [0, 0.1) is 0 Å². The minimum absolute atomic E-state index is 0.443. The molecule has 0 saturated carbocycles. The first kappa shape index (κ1) is 7.95. The molecule has 2 heteroatoms. The lowest BCUT2D eigenvalue weighted by atomic mass is 10.2. The van der Waals surface area contributed by atoms with E-state index in [0.29, 0.717) is 0 Å². The number of hydrogen-bond acceptors (Lipinski definition) is 2. The minimum Gasteiger partial charge on any atom is -0.389 e. The topological polar surface area (TPSA) is 33.1 Å². The summed E-state index contributed by atoms with van der Waals surface area (Å²) in [5.41, 5.74) is 1.66. The maximum Gasteiger partial charge on any atom is 0.0776 e. The molecule has 1 rings (SSSR count). The number of aliphatic hydroxyl groups is 1. The van der Waals surface area contributed by atoms with E-state index in [0.717, 1.165) is 11.3 Å². The van der Waals surface area contributed by atoms with Crippen LogP contribution in [0.15, 0.2) is 24.9 Å². The lowest BCUT2D eigenvalue weighted by molar-refractivity contribution is 0.199. The van der Waals surface area contributed by atoms with E-state index in [9.17, 15) is 0 Å². The van der Waals surface area contributed by atoms with Gasteiger partial charge in [0.1, 0.15) is 0 Å². The van der Waals surface area contributed by atoms with E-state index in [2.05, 4.69) is 11.6 Å². The Labute approximate surface area is 66.2 Å². The average Bonchev–Trinajstić information content (AvgIpc) is 2.05. The molecule has 0 amide bonds. The summed E-state index contributed by atoms with van der Waals surface area (Å²) in [6.07, 6.45) is 2.88. The molecular formula is C9H11NO. The zero-order valence-corrected chi connectivity index (χ0v) is 6.49. The largest absolute Gasteiger partial charge is 0.389 e. The van der Waals surface area contributed by atoms with Gasteiger partial charge in [-0.1, -0.05) is 12.6 Å². The summed E-state index contributed by atoms with van der Waals surface area (Å²) < 4.78 is 0. The SMILES string of the molecule is C=Cc1ccc([C@H](C)O)cn1. The van der Waals surface area contributed by atoms with Gasteiger partial charge in [0.05, 0.1) is 11.8 Å². The molecule has 1 atom stereocenters. The summed E-state index contributed by atoms with van der Waals surface area (Å²) in [5, 5.41) is 9.12. The van der Waals surface area contributed by atoms with Gasteiger partial charge in [0.25, 0.3) is 0 Å². The molecule has 1 aromatic heterocycles. The number of pyridine rings is 1. The van der Waals surface area contributed by atoms with Crippen LogP contribution < -0.4 is 0 Å². The highest BCUT2D eigenvalue weighted by molar-refractivity contribution is 5.41. The number of aliphatic hydroxyl groups excluding tert-OH is 1. The smallest absolute Gasteiger partial charge is 0.0776 e. The average molecular weight is 149 g/mol. The normalized spacial score (nSPS) is 12.5. The van der Waals surface area contributed by atoms with Gasteiger partial charge < -0.3 is 5.11 Å². The second-order valence-electron chi connectivity index (χ2n) is 2.40. The van der Waals surface area contributed by atoms with Gasteiger partial charge in [0.15, 0.2) is 0 Å². The maximum absolute atomic E-state index is 9.12. The van der Waals surface area contributed by atoms with Crippen LogP contribution in [-0.4, -0.2) is 10.1 Å². The first-order valence-corrected chi connectivity index (χ1v) is 3.50. The molecule has 2 nitrogen and oxygen atoms in total. The highest BCUT2D eigenvalue weighted by Gasteiger charge is 1.98. The van der Waals surface area contributed by atoms with Crippen LogP contribution in [0.2, 0.25) is 0 Å². The third kappa shape index (κ3) is 1.88. The van der Waals surface area contributed by atoms with Crippen molar-refractivity contribution in [2.45, 2.75) is 13.0 Å². The third-order valence-electron chi connectivity index (χ3n) is 1.50. The first-order valence-electron chi connectivity index (χ1n) is 3.50. The molecule has 0 aliphatic carbocycles. The summed E-state index contributed by atoms with van der Waals surface area (Å²) in [7, 11) is 0. The van der Waals surface area contributed by atoms with Crippen molar-refractivity contribution in [3.63, 3.8) is 0 Å². The summed E-state index contributed by atoms with van der Waals surface area (Å²) in [4.78, 5) is 4.04. The molecule has 0 fully saturated rings. The van der Waals surface area contributed by atoms with E-state index in [-0.39, 0.29) is 0 Å². The molecular weight excluding hydrogens is 138 g/mol. The summed E-state index contributed by atoms with van der Waals surface area (Å²) in [6.45, 7) is 5.29. The molecule has 1 aromatic rings. The van der Waals surface area contributed by atoms with Gasteiger partial charge in [-0.05, 0) is 24.6 Å². The summed E-state index contributed by atoms with van der Waals surface area (Å²) in [5.74, 6) is 0. The monoisotopic (exact) mass is 149 g/mol. The van der Waals surface area contributed by atoms with Crippen LogP contribution in [0.25, 0.3) is 6.08 Å². The predicted molar refractivity (Wildman–Crippen MR) is 45.0 cm³/mol. The van der Waals surface area contributed by atoms with E-state index in [4.69, 9.17) is 5.11 Å². The fraction of sp³-hybridized carbons (Fsp3) is 0.222. The fourth-order valence-corrected chi connectivity index (χ4v) is 0.785. The van der Waals surface area contributed by atoms with Gasteiger partial charge in [-0.3, -0.25) is 4.98 Å². The Balaban J connectivity index is 2.91. The molecule has 0 aromatic carbocycles. The summed E-state index contributed by atoms with van der Waals surface area (Å²) in [6, 6.07) is 3.67. The van der Waals surface area contributed by atoms with Crippen molar-refractivity contribution >= 4 is 6.08 Å². The van der Waals surface area contributed by atoms with E-state index >= 15 is 0 Å². The lowest BCUT2D eigenvalue weighted by Gasteiger charge is -2.02. The van der Waals surface area contributed by atoms with E-state index in [1.54, 1.807) is 19.2 Å². The van der Waals surface area contributed by atoms with Crippen molar-refractivity contribution in [3.8, 4) is 0 Å². The predicted octanol–water partition coefficient (Wildman–Crippen LogP) is 1.78. The number of aromatic nitrogens is 1. The Morgan fingerprint density at radius 3 is 2.73 bits per heavy atom. The van der Waals surface area contributed by atoms with Gasteiger partial charge >= 0.3 is 0 Å². The van der Waals surface area contributed by atoms with E-state index in [1.165, 1.54) is 0 Å². The Morgan fingerprint density at radius 2 is 2.36 bits per heavy atom. The highest BCUT2D eigenvalue weighted by Crippen LogP contribution is 2.10. The van der Waals surface area contributed by atoms with E-state index in [1.807, 2.05) is 12.1 Å². The fourth-order valence-electron chi connectivity index (χ4n) is 0.785. The molecule has 0 aliphatic rings. The number of hydrogen-bond donors (Lipinski definition) is 1. The zero-order valence-electron chi connectivity index (χ0n) is 6.49. The lowest BCUT2D eigenvalue weighted by Crippen LogP contribution is -1.92. The Kier molecular flexibility index (Phi) is 2.39. The van der Waals surface area contributed by atoms with Gasteiger partial charge in [-0.2, -0.15) is 0 Å². The van der Waals surface area contributed by atoms with Crippen molar-refractivity contribution < 1.29 is 5.11 Å². The second kappa shape index (κ2) is 3.30. The molecule has 0 bridgehead atoms. The third-order valence-corrected chi connectivity index (χ3v) is 1.50. The molecule has 0 unspecified atom stereocenters. The van der Waals surface area contributed by atoms with Crippen LogP contribution >= 0.6 is 0 Å². The molecule has 0 saturated heterocycles. The second-order valence-corrected chi connectivity index (χ2v) is 2.40. The van der Waals surface area contributed by atoms with Crippen molar-refractivity contribution in [1.82, 2.24) is 4.98 Å². The molecule has 0 radical (unpaired) electrons. The van der Waals surface area contributed by atoms with Crippen molar-refractivity contribution in [2.75, 3.05) is 0 Å². The molecule has 1 N–H and O–H groups in total. The Hall–Kier alpha value is -1.15. The molecule has 58 valence electrons. The Morgan fingerprint density at radius 1 is 1.64 bits per heavy atom. The van der Waals surface area contributed by atoms with Crippen LogP contribution in [0.1, 0.15) is 24.3 Å². The Bertz CT molecular complexity index is 238. The van der Waals surface area contributed by atoms with Crippen LogP contribution in [-0.2, 0) is 0 Å². The standard InChI is InChI=1S/C9H11NO/c1-3-9-5-4-8(6-10-9)7(2)11/h3-7,11H,1H2,2H3/t7-/m0/s1. The molecule has 1 heterocycles. The first-order chi connectivity index (χ1) is 5.24. The quantitative estimate of drug-likeness (QED) is 0.695. The van der Waals surface area contributed by atoms with Crippen molar-refractivity contribution in [2.24, 2.45) is 0 Å².